The van der Waals surface area contributed by atoms with Crippen LogP contribution in [0.25, 0.3) is 0 Å². The van der Waals surface area contributed by atoms with Gasteiger partial charge in [0.05, 0.1) is 17.7 Å². The standard InChI is InChI=1S/C20H26N2O4S/c1-14-6-9-20(26-5)19(12-14)22(17(4)23)11-10-21-27(24,25)18-8-7-15(2)16(3)13-18/h6-9,12-13,21H,10-11H2,1-5H3. The van der Waals surface area contributed by atoms with Crippen molar-refractivity contribution in [3.8, 4) is 5.75 Å². The van der Waals surface area contributed by atoms with Gasteiger partial charge in [0.2, 0.25) is 15.9 Å². The van der Waals surface area contributed by atoms with Crippen LogP contribution in [0.4, 0.5) is 5.69 Å². The number of aryl methyl sites for hydroxylation is 3. The molecule has 2 aromatic rings. The van der Waals surface area contributed by atoms with Gasteiger partial charge in [0, 0.05) is 20.0 Å². The van der Waals surface area contributed by atoms with Gasteiger partial charge >= 0.3 is 0 Å². The number of carbonyl (C=O) groups excluding carboxylic acids is 1. The van der Waals surface area contributed by atoms with E-state index in [9.17, 15) is 13.2 Å². The van der Waals surface area contributed by atoms with Gasteiger partial charge in [-0.3, -0.25) is 4.79 Å². The third-order valence-electron chi connectivity index (χ3n) is 4.42. The number of amides is 1. The highest BCUT2D eigenvalue weighted by Crippen LogP contribution is 2.29. The minimum absolute atomic E-state index is 0.0892. The number of methoxy groups -OCH3 is 1. The monoisotopic (exact) mass is 390 g/mol. The number of ether oxygens (including phenoxy) is 1. The molecule has 6 nitrogen and oxygen atoms in total. The van der Waals surface area contributed by atoms with Crippen LogP contribution in [0.2, 0.25) is 0 Å². The van der Waals surface area contributed by atoms with Crippen LogP contribution in [0.1, 0.15) is 23.6 Å². The zero-order valence-corrected chi connectivity index (χ0v) is 17.2. The summed E-state index contributed by atoms with van der Waals surface area (Å²) >= 11 is 0. The van der Waals surface area contributed by atoms with E-state index in [4.69, 9.17) is 4.74 Å². The lowest BCUT2D eigenvalue weighted by Gasteiger charge is -2.24. The number of carbonyl (C=O) groups is 1. The smallest absolute Gasteiger partial charge is 0.240 e. The first-order chi connectivity index (χ1) is 12.7. The van der Waals surface area contributed by atoms with Gasteiger partial charge in [-0.25, -0.2) is 13.1 Å². The molecule has 0 aliphatic carbocycles. The zero-order valence-electron chi connectivity index (χ0n) is 16.4. The molecule has 146 valence electrons. The summed E-state index contributed by atoms with van der Waals surface area (Å²) in [5, 5.41) is 0. The van der Waals surface area contributed by atoms with Crippen molar-refractivity contribution in [2.45, 2.75) is 32.6 Å². The predicted octanol–water partition coefficient (Wildman–Crippen LogP) is 2.95. The molecule has 0 spiro atoms. The third kappa shape index (κ3) is 5.08. The molecule has 0 heterocycles. The van der Waals surface area contributed by atoms with Gasteiger partial charge in [0.1, 0.15) is 5.75 Å². The van der Waals surface area contributed by atoms with Gasteiger partial charge in [-0.15, -0.1) is 0 Å². The normalized spacial score (nSPS) is 11.3. The number of hydrogen-bond acceptors (Lipinski definition) is 4. The van der Waals surface area contributed by atoms with Crippen LogP contribution < -0.4 is 14.4 Å². The summed E-state index contributed by atoms with van der Waals surface area (Å²) in [6.07, 6.45) is 0. The van der Waals surface area contributed by atoms with Crippen molar-refractivity contribution in [3.05, 3.63) is 53.1 Å². The van der Waals surface area contributed by atoms with Crippen LogP contribution in [-0.4, -0.2) is 34.5 Å². The van der Waals surface area contributed by atoms with E-state index < -0.39 is 10.0 Å². The van der Waals surface area contributed by atoms with E-state index in [1.807, 2.05) is 32.9 Å². The van der Waals surface area contributed by atoms with Crippen molar-refractivity contribution in [1.82, 2.24) is 4.72 Å². The number of anilines is 1. The molecule has 27 heavy (non-hydrogen) atoms. The Hall–Kier alpha value is -2.38. The van der Waals surface area contributed by atoms with E-state index in [2.05, 4.69) is 4.72 Å². The predicted molar refractivity (Wildman–Crippen MR) is 107 cm³/mol. The van der Waals surface area contributed by atoms with E-state index in [1.54, 1.807) is 24.3 Å². The van der Waals surface area contributed by atoms with E-state index in [1.165, 1.54) is 18.9 Å². The van der Waals surface area contributed by atoms with Gasteiger partial charge in [-0.05, 0) is 61.7 Å². The minimum atomic E-state index is -3.65. The fourth-order valence-corrected chi connectivity index (χ4v) is 3.82. The van der Waals surface area contributed by atoms with Crippen molar-refractivity contribution in [3.63, 3.8) is 0 Å². The Kier molecular flexibility index (Phi) is 6.62. The van der Waals surface area contributed by atoms with Gasteiger partial charge in [-0.2, -0.15) is 0 Å². The van der Waals surface area contributed by atoms with Crippen molar-refractivity contribution in [2.75, 3.05) is 25.1 Å². The zero-order chi connectivity index (χ0) is 20.2. The molecule has 0 saturated heterocycles. The molecule has 1 amide bonds. The highest BCUT2D eigenvalue weighted by atomic mass is 32.2. The summed E-state index contributed by atoms with van der Waals surface area (Å²) in [7, 11) is -2.11. The van der Waals surface area contributed by atoms with Crippen LogP contribution in [-0.2, 0) is 14.8 Å². The lowest BCUT2D eigenvalue weighted by Crippen LogP contribution is -2.37. The van der Waals surface area contributed by atoms with E-state index in [-0.39, 0.29) is 23.9 Å². The maximum atomic E-state index is 12.5. The molecule has 0 aliphatic heterocycles. The Balaban J connectivity index is 2.16. The quantitative estimate of drug-likeness (QED) is 0.789. The Morgan fingerprint density at radius 3 is 2.37 bits per heavy atom. The summed E-state index contributed by atoms with van der Waals surface area (Å²) in [6.45, 7) is 7.45. The summed E-state index contributed by atoms with van der Waals surface area (Å²) in [5.74, 6) is 0.372. The third-order valence-corrected chi connectivity index (χ3v) is 5.88. The average Bonchev–Trinajstić information content (AvgIpc) is 2.60. The number of nitrogens with zero attached hydrogens (tertiary/aromatic N) is 1. The fraction of sp³-hybridized carbons (Fsp3) is 0.350. The van der Waals surface area contributed by atoms with Gasteiger partial charge < -0.3 is 9.64 Å². The second kappa shape index (κ2) is 8.54. The maximum Gasteiger partial charge on any atom is 0.240 e. The maximum absolute atomic E-state index is 12.5. The molecular formula is C20H26N2O4S. The molecule has 7 heteroatoms. The number of hydrogen-bond donors (Lipinski definition) is 1. The Bertz CT molecular complexity index is 939. The molecule has 0 aliphatic rings. The highest BCUT2D eigenvalue weighted by Gasteiger charge is 2.19. The second-order valence-electron chi connectivity index (χ2n) is 6.49. The van der Waals surface area contributed by atoms with E-state index in [0.29, 0.717) is 11.4 Å². The number of sulfonamides is 1. The molecule has 2 rings (SSSR count). The first-order valence-electron chi connectivity index (χ1n) is 8.65. The first kappa shape index (κ1) is 20.9. The Morgan fingerprint density at radius 1 is 1.07 bits per heavy atom. The molecular weight excluding hydrogens is 364 g/mol. The summed E-state index contributed by atoms with van der Waals surface area (Å²) in [5.41, 5.74) is 3.54. The molecule has 2 aromatic carbocycles. The van der Waals surface area contributed by atoms with E-state index in [0.717, 1.165) is 16.7 Å². The Morgan fingerprint density at radius 2 is 1.78 bits per heavy atom. The number of nitrogens with one attached hydrogen (secondary N) is 1. The second-order valence-corrected chi connectivity index (χ2v) is 8.26. The van der Waals surface area contributed by atoms with Gasteiger partial charge in [0.25, 0.3) is 0 Å². The number of rotatable bonds is 7. The summed E-state index contributed by atoms with van der Waals surface area (Å²) < 4.78 is 32.9. The van der Waals surface area contributed by atoms with Crippen LogP contribution in [0.5, 0.6) is 5.75 Å². The van der Waals surface area contributed by atoms with Crippen LogP contribution >= 0.6 is 0 Å². The molecule has 0 atom stereocenters. The minimum Gasteiger partial charge on any atom is -0.495 e. The average molecular weight is 391 g/mol. The van der Waals surface area contributed by atoms with E-state index >= 15 is 0 Å². The molecule has 0 fully saturated rings. The van der Waals surface area contributed by atoms with Gasteiger partial charge in [0.15, 0.2) is 0 Å². The van der Waals surface area contributed by atoms with Crippen LogP contribution in [0.3, 0.4) is 0 Å². The van der Waals surface area contributed by atoms with Crippen LogP contribution in [0.15, 0.2) is 41.3 Å². The van der Waals surface area contributed by atoms with Crippen molar-refractivity contribution < 1.29 is 17.9 Å². The number of benzene rings is 2. The van der Waals surface area contributed by atoms with Gasteiger partial charge in [-0.1, -0.05) is 12.1 Å². The molecule has 0 aromatic heterocycles. The molecule has 1 N–H and O–H groups in total. The van der Waals surface area contributed by atoms with Crippen molar-refractivity contribution >= 4 is 21.6 Å². The molecule has 0 radical (unpaired) electrons. The Labute approximate surface area is 161 Å². The largest absolute Gasteiger partial charge is 0.495 e. The van der Waals surface area contributed by atoms with Crippen molar-refractivity contribution in [1.29, 1.82) is 0 Å². The van der Waals surface area contributed by atoms with Crippen molar-refractivity contribution in [2.24, 2.45) is 0 Å². The summed E-state index contributed by atoms with van der Waals surface area (Å²) in [6, 6.07) is 10.5. The molecule has 0 saturated carbocycles. The topological polar surface area (TPSA) is 75.7 Å². The lowest BCUT2D eigenvalue weighted by molar-refractivity contribution is -0.116. The molecule has 0 unspecified atom stereocenters. The lowest BCUT2D eigenvalue weighted by atomic mass is 10.1. The van der Waals surface area contributed by atoms with Crippen LogP contribution in [0, 0.1) is 20.8 Å². The fourth-order valence-electron chi connectivity index (χ4n) is 2.71. The molecule has 0 bridgehead atoms. The highest BCUT2D eigenvalue weighted by molar-refractivity contribution is 7.89. The first-order valence-corrected chi connectivity index (χ1v) is 10.1. The SMILES string of the molecule is COc1ccc(C)cc1N(CCNS(=O)(=O)c1ccc(C)c(C)c1)C(C)=O. The summed E-state index contributed by atoms with van der Waals surface area (Å²) in [4.78, 5) is 13.8.